The summed E-state index contributed by atoms with van der Waals surface area (Å²) in [6, 6.07) is 5.71. The van der Waals surface area contributed by atoms with Crippen molar-refractivity contribution in [2.75, 3.05) is 30.5 Å². The maximum absolute atomic E-state index is 12.6. The molecule has 0 aliphatic carbocycles. The normalized spacial score (nSPS) is 11.6. The SMILES string of the molecule is CCC(C)N(CC(=O)Nc1cccc(C)c1C)C(=O)CSCCC(=O)OC. The summed E-state index contributed by atoms with van der Waals surface area (Å²) in [5.41, 5.74) is 2.89. The van der Waals surface area contributed by atoms with E-state index in [-0.39, 0.29) is 42.5 Å². The monoisotopic (exact) mass is 394 g/mol. The van der Waals surface area contributed by atoms with Crippen molar-refractivity contribution in [2.24, 2.45) is 0 Å². The zero-order chi connectivity index (χ0) is 20.4. The molecule has 1 atom stereocenters. The van der Waals surface area contributed by atoms with Crippen LogP contribution in [0.5, 0.6) is 0 Å². The lowest BCUT2D eigenvalue weighted by Crippen LogP contribution is -2.44. The van der Waals surface area contributed by atoms with E-state index in [1.54, 1.807) is 4.90 Å². The number of methoxy groups -OCH3 is 1. The lowest BCUT2D eigenvalue weighted by molar-refractivity contribution is -0.140. The lowest BCUT2D eigenvalue weighted by Gasteiger charge is -2.28. The van der Waals surface area contributed by atoms with Gasteiger partial charge in [0.15, 0.2) is 0 Å². The average Bonchev–Trinajstić information content (AvgIpc) is 2.65. The first kappa shape index (κ1) is 23.0. The first-order chi connectivity index (χ1) is 12.8. The summed E-state index contributed by atoms with van der Waals surface area (Å²) in [5.74, 6) is 0.147. The van der Waals surface area contributed by atoms with Gasteiger partial charge in [-0.15, -0.1) is 0 Å². The van der Waals surface area contributed by atoms with Crippen molar-refractivity contribution >= 4 is 35.2 Å². The number of aryl methyl sites for hydroxylation is 1. The first-order valence-corrected chi connectivity index (χ1v) is 10.3. The Morgan fingerprint density at radius 2 is 1.96 bits per heavy atom. The van der Waals surface area contributed by atoms with Crippen LogP contribution in [-0.2, 0) is 19.1 Å². The summed E-state index contributed by atoms with van der Waals surface area (Å²) in [7, 11) is 1.34. The molecule has 7 heteroatoms. The standard InChI is InChI=1S/C20H30N2O4S/c1-6-15(3)22(19(24)13-27-11-10-20(25)26-5)12-18(23)21-17-9-7-8-14(2)16(17)4/h7-9,15H,6,10-13H2,1-5H3,(H,21,23). The number of hydrogen-bond donors (Lipinski definition) is 1. The quantitative estimate of drug-likeness (QED) is 0.487. The summed E-state index contributed by atoms with van der Waals surface area (Å²) >= 11 is 1.37. The number of hydrogen-bond acceptors (Lipinski definition) is 5. The minimum atomic E-state index is -0.290. The minimum absolute atomic E-state index is 0.0127. The highest BCUT2D eigenvalue weighted by atomic mass is 32.2. The molecule has 1 aromatic rings. The van der Waals surface area contributed by atoms with E-state index in [9.17, 15) is 14.4 Å². The van der Waals surface area contributed by atoms with Gasteiger partial charge in [-0.05, 0) is 44.4 Å². The van der Waals surface area contributed by atoms with Crippen LogP contribution in [0.1, 0.15) is 37.8 Å². The van der Waals surface area contributed by atoms with E-state index in [0.29, 0.717) is 5.75 Å². The summed E-state index contributed by atoms with van der Waals surface area (Å²) in [6.07, 6.45) is 1.03. The molecule has 1 aromatic carbocycles. The van der Waals surface area contributed by atoms with Crippen LogP contribution in [0.3, 0.4) is 0 Å². The van der Waals surface area contributed by atoms with E-state index in [1.165, 1.54) is 18.9 Å². The molecule has 1 N–H and O–H groups in total. The largest absolute Gasteiger partial charge is 0.469 e. The molecule has 0 radical (unpaired) electrons. The first-order valence-electron chi connectivity index (χ1n) is 9.10. The van der Waals surface area contributed by atoms with Crippen molar-refractivity contribution in [2.45, 2.75) is 46.6 Å². The molecule has 27 heavy (non-hydrogen) atoms. The van der Waals surface area contributed by atoms with Gasteiger partial charge in [0.1, 0.15) is 6.54 Å². The number of esters is 1. The van der Waals surface area contributed by atoms with E-state index < -0.39 is 0 Å². The predicted octanol–water partition coefficient (Wildman–Crippen LogP) is 3.17. The molecule has 0 fully saturated rings. The molecule has 0 heterocycles. The van der Waals surface area contributed by atoms with Gasteiger partial charge in [-0.2, -0.15) is 11.8 Å². The number of carbonyl (C=O) groups excluding carboxylic acids is 3. The molecular formula is C20H30N2O4S. The highest BCUT2D eigenvalue weighted by Crippen LogP contribution is 2.18. The van der Waals surface area contributed by atoms with Gasteiger partial charge in [0, 0.05) is 17.5 Å². The smallest absolute Gasteiger partial charge is 0.306 e. The topological polar surface area (TPSA) is 75.7 Å². The van der Waals surface area contributed by atoms with Crippen LogP contribution < -0.4 is 5.32 Å². The van der Waals surface area contributed by atoms with Gasteiger partial charge in [-0.1, -0.05) is 19.1 Å². The minimum Gasteiger partial charge on any atom is -0.469 e. The van der Waals surface area contributed by atoms with Gasteiger partial charge in [0.2, 0.25) is 11.8 Å². The second kappa shape index (κ2) is 11.6. The molecule has 0 aliphatic heterocycles. The lowest BCUT2D eigenvalue weighted by atomic mass is 10.1. The summed E-state index contributed by atoms with van der Waals surface area (Å²) in [6.45, 7) is 7.88. The second-order valence-corrected chi connectivity index (χ2v) is 7.56. The maximum atomic E-state index is 12.6. The number of benzene rings is 1. The second-order valence-electron chi connectivity index (χ2n) is 6.45. The molecule has 0 saturated heterocycles. The molecule has 0 aliphatic rings. The molecule has 0 saturated carbocycles. The van der Waals surface area contributed by atoms with Gasteiger partial charge in [-0.3, -0.25) is 14.4 Å². The summed E-state index contributed by atoms with van der Waals surface area (Å²) in [5, 5.41) is 2.90. The number of ether oxygens (including phenoxy) is 1. The predicted molar refractivity (Wildman–Crippen MR) is 110 cm³/mol. The third-order valence-corrected chi connectivity index (χ3v) is 5.48. The fourth-order valence-electron chi connectivity index (χ4n) is 2.44. The van der Waals surface area contributed by atoms with Crippen LogP contribution in [0, 0.1) is 13.8 Å². The number of amides is 2. The Morgan fingerprint density at radius 1 is 1.26 bits per heavy atom. The number of nitrogens with zero attached hydrogens (tertiary/aromatic N) is 1. The van der Waals surface area contributed by atoms with E-state index >= 15 is 0 Å². The summed E-state index contributed by atoms with van der Waals surface area (Å²) in [4.78, 5) is 37.8. The fraction of sp³-hybridized carbons (Fsp3) is 0.550. The molecule has 0 spiro atoms. The Morgan fingerprint density at radius 3 is 2.59 bits per heavy atom. The fourth-order valence-corrected chi connectivity index (χ4v) is 3.24. The molecule has 150 valence electrons. The van der Waals surface area contributed by atoms with Crippen LogP contribution in [0.2, 0.25) is 0 Å². The Hall–Kier alpha value is -2.02. The molecule has 1 unspecified atom stereocenters. The third-order valence-electron chi connectivity index (χ3n) is 4.54. The van der Waals surface area contributed by atoms with Crippen LogP contribution in [0.4, 0.5) is 5.69 Å². The molecule has 1 rings (SSSR count). The molecule has 2 amide bonds. The highest BCUT2D eigenvalue weighted by Gasteiger charge is 2.22. The van der Waals surface area contributed by atoms with E-state index in [4.69, 9.17) is 0 Å². The summed E-state index contributed by atoms with van der Waals surface area (Å²) < 4.78 is 4.59. The van der Waals surface area contributed by atoms with Crippen LogP contribution >= 0.6 is 11.8 Å². The Balaban J connectivity index is 2.65. The number of nitrogens with one attached hydrogen (secondary N) is 1. The molecular weight excluding hydrogens is 364 g/mol. The third kappa shape index (κ3) is 7.62. The highest BCUT2D eigenvalue weighted by molar-refractivity contribution is 7.99. The van der Waals surface area contributed by atoms with Crippen LogP contribution in [0.25, 0.3) is 0 Å². The number of carbonyl (C=O) groups is 3. The molecule has 6 nitrogen and oxygen atoms in total. The number of anilines is 1. The van der Waals surface area contributed by atoms with Crippen molar-refractivity contribution in [1.82, 2.24) is 4.90 Å². The number of rotatable bonds is 10. The van der Waals surface area contributed by atoms with Crippen LogP contribution in [0.15, 0.2) is 18.2 Å². The molecule has 0 bridgehead atoms. The Kier molecular flexibility index (Phi) is 9.93. The van der Waals surface area contributed by atoms with Crippen molar-refractivity contribution in [3.8, 4) is 0 Å². The van der Waals surface area contributed by atoms with Crippen molar-refractivity contribution in [1.29, 1.82) is 0 Å². The maximum Gasteiger partial charge on any atom is 0.306 e. The van der Waals surface area contributed by atoms with Gasteiger partial charge >= 0.3 is 5.97 Å². The van der Waals surface area contributed by atoms with Gasteiger partial charge in [0.05, 0.1) is 19.3 Å². The van der Waals surface area contributed by atoms with Crippen molar-refractivity contribution in [3.63, 3.8) is 0 Å². The van der Waals surface area contributed by atoms with Crippen molar-refractivity contribution < 1.29 is 19.1 Å². The number of thioether (sulfide) groups is 1. The van der Waals surface area contributed by atoms with Crippen LogP contribution in [-0.4, -0.2) is 53.9 Å². The van der Waals surface area contributed by atoms with Crippen molar-refractivity contribution in [3.05, 3.63) is 29.3 Å². The Labute approximate surface area is 166 Å². The van der Waals surface area contributed by atoms with Gasteiger partial charge < -0.3 is 15.0 Å². The van der Waals surface area contributed by atoms with Gasteiger partial charge in [-0.25, -0.2) is 0 Å². The Bertz CT molecular complexity index is 663. The molecule has 0 aromatic heterocycles. The van der Waals surface area contributed by atoms with E-state index in [1.807, 2.05) is 45.9 Å². The van der Waals surface area contributed by atoms with E-state index in [0.717, 1.165) is 23.2 Å². The zero-order valence-electron chi connectivity index (χ0n) is 16.8. The van der Waals surface area contributed by atoms with E-state index in [2.05, 4.69) is 10.1 Å². The zero-order valence-corrected chi connectivity index (χ0v) is 17.6. The average molecular weight is 395 g/mol. The van der Waals surface area contributed by atoms with Gasteiger partial charge in [0.25, 0.3) is 0 Å².